The molecule has 86 valence electrons. The van der Waals surface area contributed by atoms with Crippen LogP contribution in [-0.2, 0) is 4.79 Å². The average Bonchev–Trinajstić information content (AvgIpc) is 2.77. The number of nitrogens with zero attached hydrogens (tertiary/aromatic N) is 3. The molecular formula is C9H12N4O3. The second-order valence-corrected chi connectivity index (χ2v) is 3.75. The molecule has 0 aromatic carbocycles. The molecule has 1 saturated heterocycles. The van der Waals surface area contributed by atoms with E-state index < -0.39 is 4.92 Å². The zero-order chi connectivity index (χ0) is 11.5. The van der Waals surface area contributed by atoms with Crippen molar-refractivity contribution in [3.05, 3.63) is 16.3 Å². The Morgan fingerprint density at radius 1 is 1.62 bits per heavy atom. The van der Waals surface area contributed by atoms with Gasteiger partial charge in [-0.2, -0.15) is 0 Å². The first-order valence-corrected chi connectivity index (χ1v) is 5.13. The highest BCUT2D eigenvalue weighted by Gasteiger charge is 2.28. The number of anilines is 1. The lowest BCUT2D eigenvalue weighted by Gasteiger charge is -2.32. The Balaban J connectivity index is 2.30. The molecule has 16 heavy (non-hydrogen) atoms. The van der Waals surface area contributed by atoms with E-state index in [-0.39, 0.29) is 11.9 Å². The molecule has 2 heterocycles. The summed E-state index contributed by atoms with van der Waals surface area (Å²) in [6, 6.07) is -0.273. The van der Waals surface area contributed by atoms with E-state index in [1.165, 1.54) is 6.20 Å². The highest BCUT2D eigenvalue weighted by Crippen LogP contribution is 2.30. The van der Waals surface area contributed by atoms with Crippen LogP contribution in [0.15, 0.2) is 6.20 Å². The molecule has 1 aromatic rings. The van der Waals surface area contributed by atoms with Gasteiger partial charge in [0.05, 0.1) is 6.04 Å². The SMILES string of the molecule is O=CC1CCCCN1c1cn[nH]c1[N+](=O)[O-]. The summed E-state index contributed by atoms with van der Waals surface area (Å²) in [5.41, 5.74) is 0.404. The van der Waals surface area contributed by atoms with Gasteiger partial charge < -0.3 is 19.8 Å². The van der Waals surface area contributed by atoms with Gasteiger partial charge >= 0.3 is 5.82 Å². The summed E-state index contributed by atoms with van der Waals surface area (Å²) in [6.07, 6.45) is 4.90. The Labute approximate surface area is 91.6 Å². The number of carbonyl (C=O) groups is 1. The first-order chi connectivity index (χ1) is 7.74. The first-order valence-electron chi connectivity index (χ1n) is 5.13. The number of carbonyl (C=O) groups excluding carboxylic acids is 1. The van der Waals surface area contributed by atoms with E-state index >= 15 is 0 Å². The molecule has 1 N–H and O–H groups in total. The number of aldehydes is 1. The minimum absolute atomic E-state index is 0.145. The number of aromatic nitrogens is 2. The molecule has 0 radical (unpaired) electrons. The van der Waals surface area contributed by atoms with Gasteiger partial charge in [0.2, 0.25) is 0 Å². The van der Waals surface area contributed by atoms with E-state index in [2.05, 4.69) is 10.2 Å². The van der Waals surface area contributed by atoms with Crippen molar-refractivity contribution in [3.63, 3.8) is 0 Å². The molecule has 1 atom stereocenters. The van der Waals surface area contributed by atoms with E-state index in [1.807, 2.05) is 0 Å². The normalized spacial score (nSPS) is 20.8. The molecule has 1 fully saturated rings. The van der Waals surface area contributed by atoms with Gasteiger partial charge in [0.15, 0.2) is 5.69 Å². The highest BCUT2D eigenvalue weighted by molar-refractivity contribution is 5.69. The topological polar surface area (TPSA) is 92.1 Å². The minimum Gasteiger partial charge on any atom is -0.358 e. The zero-order valence-corrected chi connectivity index (χ0v) is 8.63. The van der Waals surface area contributed by atoms with E-state index in [0.29, 0.717) is 12.2 Å². The van der Waals surface area contributed by atoms with Crippen molar-refractivity contribution >= 4 is 17.8 Å². The number of aromatic amines is 1. The summed E-state index contributed by atoms with van der Waals surface area (Å²) in [5, 5.41) is 16.7. The van der Waals surface area contributed by atoms with Crippen molar-refractivity contribution in [2.75, 3.05) is 11.4 Å². The predicted octanol–water partition coefficient (Wildman–Crippen LogP) is 0.876. The lowest BCUT2D eigenvalue weighted by molar-refractivity contribution is -0.388. The fraction of sp³-hybridized carbons (Fsp3) is 0.556. The summed E-state index contributed by atoms with van der Waals surface area (Å²) in [6.45, 7) is 0.657. The molecule has 0 saturated carbocycles. The molecule has 2 rings (SSSR count). The van der Waals surface area contributed by atoms with Crippen LogP contribution in [0.5, 0.6) is 0 Å². The van der Waals surface area contributed by atoms with Gasteiger partial charge in [-0.1, -0.05) is 5.10 Å². The summed E-state index contributed by atoms with van der Waals surface area (Å²) in [5.74, 6) is -0.145. The van der Waals surface area contributed by atoms with Crippen molar-refractivity contribution in [1.29, 1.82) is 0 Å². The summed E-state index contributed by atoms with van der Waals surface area (Å²) in [7, 11) is 0. The molecule has 1 aliphatic rings. The number of nitro groups is 1. The Kier molecular flexibility index (Phi) is 2.84. The van der Waals surface area contributed by atoms with Gasteiger partial charge in [0.1, 0.15) is 12.5 Å². The Morgan fingerprint density at radius 3 is 3.12 bits per heavy atom. The zero-order valence-electron chi connectivity index (χ0n) is 8.63. The van der Waals surface area contributed by atoms with Crippen LogP contribution in [-0.4, -0.2) is 34.0 Å². The Hall–Kier alpha value is -1.92. The lowest BCUT2D eigenvalue weighted by Crippen LogP contribution is -2.40. The van der Waals surface area contributed by atoms with Crippen molar-refractivity contribution < 1.29 is 9.72 Å². The van der Waals surface area contributed by atoms with Gasteiger partial charge in [-0.25, -0.2) is 0 Å². The minimum atomic E-state index is -0.515. The van der Waals surface area contributed by atoms with Crippen LogP contribution in [0.1, 0.15) is 19.3 Å². The molecule has 1 unspecified atom stereocenters. The first kappa shape index (κ1) is 10.6. The quantitative estimate of drug-likeness (QED) is 0.467. The van der Waals surface area contributed by atoms with Gasteiger partial charge in [0, 0.05) is 6.54 Å². The molecule has 7 heteroatoms. The third-order valence-corrected chi connectivity index (χ3v) is 2.80. The maximum Gasteiger partial charge on any atom is 0.366 e. The van der Waals surface area contributed by atoms with Gasteiger partial charge in [0.25, 0.3) is 0 Å². The molecule has 1 aromatic heterocycles. The third-order valence-electron chi connectivity index (χ3n) is 2.80. The fourth-order valence-corrected chi connectivity index (χ4v) is 2.02. The van der Waals surface area contributed by atoms with Crippen molar-refractivity contribution in [2.45, 2.75) is 25.3 Å². The molecule has 0 amide bonds. The summed E-state index contributed by atoms with van der Waals surface area (Å²) < 4.78 is 0. The molecule has 0 spiro atoms. The lowest BCUT2D eigenvalue weighted by atomic mass is 10.0. The van der Waals surface area contributed by atoms with E-state index in [9.17, 15) is 14.9 Å². The number of rotatable bonds is 3. The molecule has 7 nitrogen and oxygen atoms in total. The van der Waals surface area contributed by atoms with Gasteiger partial charge in [-0.05, 0) is 24.2 Å². The number of hydrogen-bond donors (Lipinski definition) is 1. The molecular weight excluding hydrogens is 212 g/mol. The molecule has 0 aliphatic carbocycles. The van der Waals surface area contributed by atoms with Crippen LogP contribution in [0.2, 0.25) is 0 Å². The largest absolute Gasteiger partial charge is 0.366 e. The molecule has 0 bridgehead atoms. The Bertz CT molecular complexity index is 403. The second kappa shape index (κ2) is 4.30. The number of nitrogens with one attached hydrogen (secondary N) is 1. The van der Waals surface area contributed by atoms with Gasteiger partial charge in [-0.15, -0.1) is 5.10 Å². The smallest absolute Gasteiger partial charge is 0.358 e. The number of hydrogen-bond acceptors (Lipinski definition) is 5. The predicted molar refractivity (Wildman–Crippen MR) is 56.3 cm³/mol. The summed E-state index contributed by atoms with van der Waals surface area (Å²) >= 11 is 0. The second-order valence-electron chi connectivity index (χ2n) is 3.75. The number of H-pyrrole nitrogens is 1. The van der Waals surface area contributed by atoms with E-state index in [0.717, 1.165) is 25.5 Å². The van der Waals surface area contributed by atoms with Crippen LogP contribution in [0.3, 0.4) is 0 Å². The van der Waals surface area contributed by atoms with E-state index in [1.54, 1.807) is 4.90 Å². The van der Waals surface area contributed by atoms with Crippen LogP contribution in [0.25, 0.3) is 0 Å². The fourth-order valence-electron chi connectivity index (χ4n) is 2.02. The van der Waals surface area contributed by atoms with Crippen molar-refractivity contribution in [1.82, 2.24) is 10.2 Å². The van der Waals surface area contributed by atoms with Crippen LogP contribution in [0, 0.1) is 10.1 Å². The Morgan fingerprint density at radius 2 is 2.44 bits per heavy atom. The van der Waals surface area contributed by atoms with Crippen LogP contribution < -0.4 is 4.90 Å². The van der Waals surface area contributed by atoms with Crippen LogP contribution >= 0.6 is 0 Å². The monoisotopic (exact) mass is 224 g/mol. The standard InChI is InChI=1S/C9H12N4O3/c14-6-7-3-1-2-4-12(7)8-5-10-11-9(8)13(15)16/h5-7H,1-4H2,(H,10,11). The number of piperidine rings is 1. The van der Waals surface area contributed by atoms with Crippen LogP contribution in [0.4, 0.5) is 11.5 Å². The maximum absolute atomic E-state index is 10.9. The summed E-state index contributed by atoms with van der Waals surface area (Å²) in [4.78, 5) is 22.9. The van der Waals surface area contributed by atoms with Crippen molar-refractivity contribution in [3.8, 4) is 0 Å². The highest BCUT2D eigenvalue weighted by atomic mass is 16.6. The van der Waals surface area contributed by atoms with E-state index in [4.69, 9.17) is 0 Å². The average molecular weight is 224 g/mol. The molecule has 1 aliphatic heterocycles. The van der Waals surface area contributed by atoms with Crippen molar-refractivity contribution in [2.24, 2.45) is 0 Å². The van der Waals surface area contributed by atoms with Gasteiger partial charge in [-0.3, -0.25) is 0 Å². The third kappa shape index (κ3) is 1.75. The maximum atomic E-state index is 10.9.